The molecular weight excluding hydrogens is 221 g/mol. The third kappa shape index (κ3) is 2.98. The molecule has 0 aliphatic carbocycles. The van der Waals surface area contributed by atoms with Gasteiger partial charge < -0.3 is 11.1 Å². The fourth-order valence-electron chi connectivity index (χ4n) is 1.01. The zero-order chi connectivity index (χ0) is 12.3. The van der Waals surface area contributed by atoms with Crippen molar-refractivity contribution in [3.63, 3.8) is 0 Å². The number of anilines is 2. The normalized spacial score (nSPS) is 13.6. The Labute approximate surface area is 91.1 Å². The van der Waals surface area contributed by atoms with Gasteiger partial charge in [0.2, 0.25) is 5.95 Å². The number of nitrogens with zero attached hydrogens (tertiary/aromatic N) is 2. The third-order valence-electron chi connectivity index (χ3n) is 2.11. The molecule has 1 rings (SSSR count). The Kier molecular flexibility index (Phi) is 3.56. The molecule has 0 amide bonds. The van der Waals surface area contributed by atoms with Crippen LogP contribution in [-0.4, -0.2) is 16.0 Å². The smallest absolute Gasteiger partial charge is 0.383 e. The minimum absolute atomic E-state index is 0.0798. The highest BCUT2D eigenvalue weighted by atomic mass is 19.4. The molecule has 90 valence electrons. The first-order valence-electron chi connectivity index (χ1n) is 4.80. The molecule has 0 spiro atoms. The van der Waals surface area contributed by atoms with Gasteiger partial charge in [0.05, 0.1) is 0 Å². The summed E-state index contributed by atoms with van der Waals surface area (Å²) in [6.07, 6.45) is -3.02. The van der Waals surface area contributed by atoms with Crippen molar-refractivity contribution in [2.45, 2.75) is 32.5 Å². The quantitative estimate of drug-likeness (QED) is 0.842. The minimum Gasteiger partial charge on any atom is -0.383 e. The predicted octanol–water partition coefficient (Wildman–Crippen LogP) is 2.29. The lowest BCUT2D eigenvalue weighted by Gasteiger charge is -2.13. The van der Waals surface area contributed by atoms with Gasteiger partial charge in [0.15, 0.2) is 0 Å². The molecule has 0 saturated carbocycles. The minimum atomic E-state index is -4.51. The number of nitrogen functional groups attached to an aromatic ring is 1. The Morgan fingerprint density at radius 3 is 2.56 bits per heavy atom. The highest BCUT2D eigenvalue weighted by molar-refractivity contribution is 5.44. The van der Waals surface area contributed by atoms with E-state index in [2.05, 4.69) is 15.3 Å². The van der Waals surface area contributed by atoms with Crippen LogP contribution in [0.2, 0.25) is 0 Å². The molecule has 7 heteroatoms. The van der Waals surface area contributed by atoms with Gasteiger partial charge in [-0.05, 0) is 13.3 Å². The molecule has 0 unspecified atom stereocenters. The summed E-state index contributed by atoms with van der Waals surface area (Å²) in [4.78, 5) is 7.13. The maximum absolute atomic E-state index is 12.3. The molecule has 0 saturated heterocycles. The van der Waals surface area contributed by atoms with Crippen LogP contribution < -0.4 is 11.1 Å². The molecule has 3 N–H and O–H groups in total. The molecule has 1 atom stereocenters. The molecule has 4 nitrogen and oxygen atoms in total. The summed E-state index contributed by atoms with van der Waals surface area (Å²) in [5.74, 6) is -0.451. The molecule has 0 aromatic carbocycles. The summed E-state index contributed by atoms with van der Waals surface area (Å²) in [5.41, 5.74) is 4.20. The topological polar surface area (TPSA) is 63.8 Å². The zero-order valence-corrected chi connectivity index (χ0v) is 8.97. The molecular formula is C9H13F3N4. The highest BCUT2D eigenvalue weighted by Gasteiger charge is 2.34. The van der Waals surface area contributed by atoms with E-state index in [1.165, 1.54) is 0 Å². The van der Waals surface area contributed by atoms with E-state index in [4.69, 9.17) is 5.73 Å². The standard InChI is InChI=1S/C9H13F3N4/c1-3-5(2)15-8-14-4-6(7(13)16-8)9(10,11)12/h4-5H,3H2,1-2H3,(H3,13,14,15,16)/t5-/m1/s1. The van der Waals surface area contributed by atoms with E-state index in [0.717, 1.165) is 6.42 Å². The summed E-state index contributed by atoms with van der Waals surface area (Å²) in [6.45, 7) is 3.81. The second kappa shape index (κ2) is 4.54. The van der Waals surface area contributed by atoms with Crippen molar-refractivity contribution in [3.8, 4) is 0 Å². The summed E-state index contributed by atoms with van der Waals surface area (Å²) < 4.78 is 37.0. The molecule has 0 bridgehead atoms. The van der Waals surface area contributed by atoms with Crippen LogP contribution in [0.4, 0.5) is 24.9 Å². The van der Waals surface area contributed by atoms with Gasteiger partial charge in [0, 0.05) is 12.2 Å². The van der Waals surface area contributed by atoms with Crippen molar-refractivity contribution in [3.05, 3.63) is 11.8 Å². The molecule has 1 aromatic rings. The van der Waals surface area contributed by atoms with E-state index in [-0.39, 0.29) is 12.0 Å². The fourth-order valence-corrected chi connectivity index (χ4v) is 1.01. The largest absolute Gasteiger partial charge is 0.421 e. The summed E-state index contributed by atoms with van der Waals surface area (Å²) in [5, 5.41) is 2.84. The number of nitrogens with two attached hydrogens (primary N) is 1. The molecule has 0 aliphatic rings. The van der Waals surface area contributed by atoms with Crippen LogP contribution in [0.1, 0.15) is 25.8 Å². The Bertz CT molecular complexity index is 364. The van der Waals surface area contributed by atoms with Crippen molar-refractivity contribution < 1.29 is 13.2 Å². The van der Waals surface area contributed by atoms with Crippen LogP contribution in [0, 0.1) is 0 Å². The maximum Gasteiger partial charge on any atom is 0.421 e. The molecule has 0 fully saturated rings. The Hall–Kier alpha value is -1.53. The molecule has 0 aliphatic heterocycles. The van der Waals surface area contributed by atoms with Crippen molar-refractivity contribution >= 4 is 11.8 Å². The van der Waals surface area contributed by atoms with Crippen LogP contribution in [-0.2, 0) is 6.18 Å². The van der Waals surface area contributed by atoms with Gasteiger partial charge >= 0.3 is 6.18 Å². The monoisotopic (exact) mass is 234 g/mol. The average Bonchev–Trinajstić information content (AvgIpc) is 2.15. The Morgan fingerprint density at radius 1 is 1.50 bits per heavy atom. The lowest BCUT2D eigenvalue weighted by Crippen LogP contribution is -2.18. The van der Waals surface area contributed by atoms with Gasteiger partial charge in [-0.15, -0.1) is 0 Å². The van der Waals surface area contributed by atoms with Crippen LogP contribution >= 0.6 is 0 Å². The third-order valence-corrected chi connectivity index (χ3v) is 2.11. The van der Waals surface area contributed by atoms with Crippen LogP contribution in [0.25, 0.3) is 0 Å². The van der Waals surface area contributed by atoms with Gasteiger partial charge in [0.1, 0.15) is 11.4 Å². The van der Waals surface area contributed by atoms with Gasteiger partial charge in [-0.2, -0.15) is 18.2 Å². The Balaban J connectivity index is 2.91. The first kappa shape index (κ1) is 12.5. The fraction of sp³-hybridized carbons (Fsp3) is 0.556. The number of hydrogen-bond acceptors (Lipinski definition) is 4. The second-order valence-electron chi connectivity index (χ2n) is 3.44. The zero-order valence-electron chi connectivity index (χ0n) is 8.97. The number of alkyl halides is 3. The average molecular weight is 234 g/mol. The van der Waals surface area contributed by atoms with Crippen molar-refractivity contribution in [1.82, 2.24) is 9.97 Å². The molecule has 16 heavy (non-hydrogen) atoms. The van der Waals surface area contributed by atoms with Crippen molar-refractivity contribution in [2.75, 3.05) is 11.1 Å². The highest BCUT2D eigenvalue weighted by Crippen LogP contribution is 2.32. The number of hydrogen-bond donors (Lipinski definition) is 2. The van der Waals surface area contributed by atoms with Crippen molar-refractivity contribution in [1.29, 1.82) is 0 Å². The van der Waals surface area contributed by atoms with E-state index in [9.17, 15) is 13.2 Å². The van der Waals surface area contributed by atoms with Crippen LogP contribution in [0.3, 0.4) is 0 Å². The lowest BCUT2D eigenvalue weighted by molar-refractivity contribution is -0.137. The number of rotatable bonds is 3. The van der Waals surface area contributed by atoms with Gasteiger partial charge in [-0.3, -0.25) is 0 Å². The number of aromatic nitrogens is 2. The summed E-state index contributed by atoms with van der Waals surface area (Å²) >= 11 is 0. The lowest BCUT2D eigenvalue weighted by atomic mass is 10.3. The Morgan fingerprint density at radius 2 is 2.12 bits per heavy atom. The van der Waals surface area contributed by atoms with Gasteiger partial charge in [0.25, 0.3) is 0 Å². The summed E-state index contributed by atoms with van der Waals surface area (Å²) in [7, 11) is 0. The predicted molar refractivity (Wildman–Crippen MR) is 54.8 cm³/mol. The van der Waals surface area contributed by atoms with E-state index in [1.54, 1.807) is 0 Å². The van der Waals surface area contributed by atoms with Crippen LogP contribution in [0.5, 0.6) is 0 Å². The first-order chi connectivity index (χ1) is 7.34. The first-order valence-corrected chi connectivity index (χ1v) is 4.80. The van der Waals surface area contributed by atoms with E-state index in [1.807, 2.05) is 13.8 Å². The maximum atomic E-state index is 12.3. The van der Waals surface area contributed by atoms with E-state index >= 15 is 0 Å². The number of nitrogens with one attached hydrogen (secondary N) is 1. The van der Waals surface area contributed by atoms with Crippen molar-refractivity contribution in [2.24, 2.45) is 0 Å². The van der Waals surface area contributed by atoms with E-state index in [0.29, 0.717) is 6.20 Å². The van der Waals surface area contributed by atoms with Gasteiger partial charge in [-0.25, -0.2) is 4.98 Å². The van der Waals surface area contributed by atoms with Crippen LogP contribution in [0.15, 0.2) is 6.20 Å². The molecule has 0 radical (unpaired) electrons. The van der Waals surface area contributed by atoms with Gasteiger partial charge in [-0.1, -0.05) is 6.92 Å². The molecule has 1 heterocycles. The second-order valence-corrected chi connectivity index (χ2v) is 3.44. The van der Waals surface area contributed by atoms with E-state index < -0.39 is 17.6 Å². The number of halogens is 3. The summed E-state index contributed by atoms with van der Waals surface area (Å²) in [6, 6.07) is 0.0798. The molecule has 1 aromatic heterocycles. The SMILES string of the molecule is CC[C@@H](C)Nc1ncc(C(F)(F)F)c(N)n1.